The van der Waals surface area contributed by atoms with Gasteiger partial charge in [-0.3, -0.25) is 0 Å². The molecule has 74 valence electrons. The molecule has 0 amide bonds. The van der Waals surface area contributed by atoms with Crippen molar-refractivity contribution < 1.29 is 5.11 Å². The molecule has 0 aliphatic heterocycles. The molecule has 1 atom stereocenters. The minimum atomic E-state index is -0.372. The summed E-state index contributed by atoms with van der Waals surface area (Å²) in [4.78, 5) is 4.21. The number of pyridine rings is 1. The predicted molar refractivity (Wildman–Crippen MR) is 56.4 cm³/mol. The number of nitrogens with zero attached hydrogens (tertiary/aromatic N) is 2. The van der Waals surface area contributed by atoms with Gasteiger partial charge in [-0.2, -0.15) is 0 Å². The fourth-order valence-corrected chi connectivity index (χ4v) is 1.65. The summed E-state index contributed by atoms with van der Waals surface area (Å²) in [5.74, 6) is 0. The Hall–Kier alpha value is -1.06. The SMILES string of the molecule is CC(O)Cn1ccc2cc(Cl)cnc21. The normalized spacial score (nSPS) is 13.4. The Morgan fingerprint density at radius 3 is 3.14 bits per heavy atom. The molecule has 2 rings (SSSR count). The lowest BCUT2D eigenvalue weighted by Gasteiger charge is -2.06. The Bertz CT molecular complexity index is 450. The van der Waals surface area contributed by atoms with Gasteiger partial charge in [0.25, 0.3) is 0 Å². The van der Waals surface area contributed by atoms with E-state index < -0.39 is 0 Å². The molecule has 0 saturated heterocycles. The van der Waals surface area contributed by atoms with Crippen LogP contribution >= 0.6 is 11.6 Å². The molecule has 2 heterocycles. The zero-order chi connectivity index (χ0) is 10.1. The van der Waals surface area contributed by atoms with Crippen LogP contribution < -0.4 is 0 Å². The van der Waals surface area contributed by atoms with Gasteiger partial charge in [-0.25, -0.2) is 4.98 Å². The van der Waals surface area contributed by atoms with Gasteiger partial charge in [0, 0.05) is 24.3 Å². The fourth-order valence-electron chi connectivity index (χ4n) is 1.48. The van der Waals surface area contributed by atoms with Crippen molar-refractivity contribution in [1.29, 1.82) is 0 Å². The topological polar surface area (TPSA) is 38.0 Å². The lowest BCUT2D eigenvalue weighted by atomic mass is 10.3. The first-order valence-corrected chi connectivity index (χ1v) is 4.83. The molecule has 0 aromatic carbocycles. The number of aromatic nitrogens is 2. The third-order valence-corrected chi connectivity index (χ3v) is 2.24. The van der Waals surface area contributed by atoms with E-state index >= 15 is 0 Å². The van der Waals surface area contributed by atoms with Gasteiger partial charge in [-0.15, -0.1) is 0 Å². The van der Waals surface area contributed by atoms with Gasteiger partial charge in [0.15, 0.2) is 0 Å². The molecule has 0 bridgehead atoms. The summed E-state index contributed by atoms with van der Waals surface area (Å²) in [5.41, 5.74) is 0.857. The summed E-state index contributed by atoms with van der Waals surface area (Å²) in [6.45, 7) is 2.31. The summed E-state index contributed by atoms with van der Waals surface area (Å²) >= 11 is 5.81. The Morgan fingerprint density at radius 1 is 1.64 bits per heavy atom. The molecule has 4 heteroatoms. The van der Waals surface area contributed by atoms with Crippen LogP contribution in [0.25, 0.3) is 11.0 Å². The second-order valence-electron chi connectivity index (χ2n) is 3.38. The standard InChI is InChI=1S/C10H11ClN2O/c1-7(14)6-13-3-2-8-4-9(11)5-12-10(8)13/h2-5,7,14H,6H2,1H3. The Morgan fingerprint density at radius 2 is 2.43 bits per heavy atom. The quantitative estimate of drug-likeness (QED) is 0.824. The van der Waals surface area contributed by atoms with Crippen LogP contribution in [0.5, 0.6) is 0 Å². The van der Waals surface area contributed by atoms with E-state index in [2.05, 4.69) is 4.98 Å². The van der Waals surface area contributed by atoms with Crippen molar-refractivity contribution >= 4 is 22.6 Å². The summed E-state index contributed by atoms with van der Waals surface area (Å²) in [5, 5.41) is 10.9. The zero-order valence-electron chi connectivity index (χ0n) is 7.81. The highest BCUT2D eigenvalue weighted by Gasteiger charge is 2.04. The highest BCUT2D eigenvalue weighted by Crippen LogP contribution is 2.17. The van der Waals surface area contributed by atoms with Gasteiger partial charge in [0.2, 0.25) is 0 Å². The predicted octanol–water partition coefficient (Wildman–Crippen LogP) is 2.07. The van der Waals surface area contributed by atoms with Crippen molar-refractivity contribution in [1.82, 2.24) is 9.55 Å². The van der Waals surface area contributed by atoms with Gasteiger partial charge >= 0.3 is 0 Å². The van der Waals surface area contributed by atoms with Crippen LogP contribution in [0.2, 0.25) is 5.02 Å². The van der Waals surface area contributed by atoms with Crippen LogP contribution in [-0.2, 0) is 6.54 Å². The molecule has 2 aromatic rings. The second-order valence-corrected chi connectivity index (χ2v) is 3.82. The van der Waals surface area contributed by atoms with Gasteiger partial charge < -0.3 is 9.67 Å². The Balaban J connectivity index is 2.47. The maximum atomic E-state index is 9.26. The molecule has 3 nitrogen and oxygen atoms in total. The Labute approximate surface area is 86.9 Å². The largest absolute Gasteiger partial charge is 0.392 e. The van der Waals surface area contributed by atoms with E-state index in [4.69, 9.17) is 11.6 Å². The average molecular weight is 211 g/mol. The van der Waals surface area contributed by atoms with E-state index in [1.807, 2.05) is 22.9 Å². The van der Waals surface area contributed by atoms with Crippen molar-refractivity contribution in [3.05, 3.63) is 29.5 Å². The molecule has 2 aromatic heterocycles. The molecule has 0 aliphatic carbocycles. The minimum Gasteiger partial charge on any atom is -0.392 e. The van der Waals surface area contributed by atoms with E-state index in [1.165, 1.54) is 0 Å². The maximum absolute atomic E-state index is 9.26. The lowest BCUT2D eigenvalue weighted by Crippen LogP contribution is -2.10. The minimum absolute atomic E-state index is 0.372. The van der Waals surface area contributed by atoms with Crippen LogP contribution in [0.3, 0.4) is 0 Å². The third-order valence-electron chi connectivity index (χ3n) is 2.03. The van der Waals surface area contributed by atoms with Crippen LogP contribution in [-0.4, -0.2) is 20.8 Å². The van der Waals surface area contributed by atoms with E-state index in [0.717, 1.165) is 11.0 Å². The molecule has 1 unspecified atom stereocenters. The first kappa shape index (κ1) is 9.49. The molecule has 0 fully saturated rings. The Kier molecular flexibility index (Phi) is 2.44. The van der Waals surface area contributed by atoms with Crippen LogP contribution in [0.4, 0.5) is 0 Å². The summed E-state index contributed by atoms with van der Waals surface area (Å²) in [6, 6.07) is 3.80. The summed E-state index contributed by atoms with van der Waals surface area (Å²) < 4.78 is 1.91. The van der Waals surface area contributed by atoms with E-state index in [1.54, 1.807) is 13.1 Å². The number of aliphatic hydroxyl groups excluding tert-OH is 1. The molecule has 0 saturated carbocycles. The number of fused-ring (bicyclic) bond motifs is 1. The van der Waals surface area contributed by atoms with Crippen molar-refractivity contribution in [3.63, 3.8) is 0 Å². The van der Waals surface area contributed by atoms with E-state index in [0.29, 0.717) is 11.6 Å². The van der Waals surface area contributed by atoms with Crippen molar-refractivity contribution in [2.24, 2.45) is 0 Å². The van der Waals surface area contributed by atoms with Gasteiger partial charge in [0.05, 0.1) is 11.1 Å². The van der Waals surface area contributed by atoms with Crippen molar-refractivity contribution in [2.75, 3.05) is 0 Å². The first-order chi connectivity index (χ1) is 6.66. The highest BCUT2D eigenvalue weighted by atomic mass is 35.5. The first-order valence-electron chi connectivity index (χ1n) is 4.45. The van der Waals surface area contributed by atoms with E-state index in [9.17, 15) is 5.11 Å². The zero-order valence-corrected chi connectivity index (χ0v) is 8.57. The average Bonchev–Trinajstić information content (AvgIpc) is 2.47. The molecular weight excluding hydrogens is 200 g/mol. The smallest absolute Gasteiger partial charge is 0.140 e. The number of aliphatic hydroxyl groups is 1. The molecule has 0 radical (unpaired) electrons. The third kappa shape index (κ3) is 1.74. The lowest BCUT2D eigenvalue weighted by molar-refractivity contribution is 0.175. The maximum Gasteiger partial charge on any atom is 0.140 e. The number of hydrogen-bond acceptors (Lipinski definition) is 2. The van der Waals surface area contributed by atoms with Gasteiger partial charge in [-0.05, 0) is 19.1 Å². The summed E-state index contributed by atoms with van der Waals surface area (Å²) in [6.07, 6.45) is 3.14. The molecule has 0 aliphatic rings. The summed E-state index contributed by atoms with van der Waals surface area (Å²) in [7, 11) is 0. The van der Waals surface area contributed by atoms with Gasteiger partial charge in [-0.1, -0.05) is 11.6 Å². The molecular formula is C10H11ClN2O. The van der Waals surface area contributed by atoms with Crippen molar-refractivity contribution in [2.45, 2.75) is 19.6 Å². The van der Waals surface area contributed by atoms with Crippen LogP contribution in [0.15, 0.2) is 24.5 Å². The van der Waals surface area contributed by atoms with Gasteiger partial charge in [0.1, 0.15) is 5.65 Å². The highest BCUT2D eigenvalue weighted by molar-refractivity contribution is 6.31. The molecule has 14 heavy (non-hydrogen) atoms. The second kappa shape index (κ2) is 3.59. The monoisotopic (exact) mass is 210 g/mol. The van der Waals surface area contributed by atoms with E-state index in [-0.39, 0.29) is 6.10 Å². The fraction of sp³-hybridized carbons (Fsp3) is 0.300. The van der Waals surface area contributed by atoms with Crippen LogP contribution in [0.1, 0.15) is 6.92 Å². The molecule has 0 spiro atoms. The molecule has 1 N–H and O–H groups in total. The number of halogens is 1. The number of hydrogen-bond donors (Lipinski definition) is 1. The number of rotatable bonds is 2. The van der Waals surface area contributed by atoms with Crippen molar-refractivity contribution in [3.8, 4) is 0 Å². The van der Waals surface area contributed by atoms with Crippen LogP contribution in [0, 0.1) is 0 Å².